The lowest BCUT2D eigenvalue weighted by Gasteiger charge is -2.36. The molecule has 160 valence electrons. The van der Waals surface area contributed by atoms with E-state index in [9.17, 15) is 0 Å². The number of hydrogen-bond donors (Lipinski definition) is 1. The van der Waals surface area contributed by atoms with Crippen LogP contribution in [0.4, 0.5) is 0 Å². The van der Waals surface area contributed by atoms with Crippen molar-refractivity contribution in [3.8, 4) is 0 Å². The molecule has 0 bridgehead atoms. The van der Waals surface area contributed by atoms with Crippen molar-refractivity contribution in [3.05, 3.63) is 71.8 Å². The molecule has 6 nitrogen and oxygen atoms in total. The number of guanidine groups is 1. The smallest absolute Gasteiger partial charge is 0.193 e. The SMILES string of the molecule is CN=C(NCCOCc1ccccc1)N1CC2OCCN(Cc3ccccc3)C2C1. The average Bonchev–Trinajstić information content (AvgIpc) is 3.23. The third-order valence-electron chi connectivity index (χ3n) is 5.80. The van der Waals surface area contributed by atoms with E-state index in [0.717, 1.165) is 45.3 Å². The highest BCUT2D eigenvalue weighted by Gasteiger charge is 2.41. The Kier molecular flexibility index (Phi) is 7.34. The summed E-state index contributed by atoms with van der Waals surface area (Å²) in [7, 11) is 1.84. The standard InChI is InChI=1S/C24H32N4O2/c1-25-24(26-12-14-29-19-21-10-6-3-7-11-21)28-17-22-23(18-28)30-15-13-27(22)16-20-8-4-2-5-9-20/h2-11,22-23H,12-19H2,1H3,(H,25,26). The maximum Gasteiger partial charge on any atom is 0.193 e. The Hall–Kier alpha value is -2.41. The van der Waals surface area contributed by atoms with Crippen LogP contribution in [0.5, 0.6) is 0 Å². The van der Waals surface area contributed by atoms with Crippen molar-refractivity contribution in [1.82, 2.24) is 15.1 Å². The lowest BCUT2D eigenvalue weighted by Crippen LogP contribution is -2.50. The second kappa shape index (κ2) is 10.6. The Balaban J connectivity index is 1.25. The summed E-state index contributed by atoms with van der Waals surface area (Å²) in [6, 6.07) is 21.4. The Morgan fingerprint density at radius 3 is 2.53 bits per heavy atom. The number of morpholine rings is 1. The summed E-state index contributed by atoms with van der Waals surface area (Å²) in [6.45, 7) is 6.56. The average molecular weight is 409 g/mol. The predicted octanol–water partition coefficient (Wildman–Crippen LogP) is 2.36. The van der Waals surface area contributed by atoms with Crippen LogP contribution in [-0.4, -0.2) is 74.3 Å². The molecule has 2 atom stereocenters. The van der Waals surface area contributed by atoms with Crippen LogP contribution in [0, 0.1) is 0 Å². The van der Waals surface area contributed by atoms with Crippen molar-refractivity contribution in [1.29, 1.82) is 0 Å². The second-order valence-corrected chi connectivity index (χ2v) is 7.85. The van der Waals surface area contributed by atoms with Crippen molar-refractivity contribution in [2.24, 2.45) is 4.99 Å². The minimum atomic E-state index is 0.232. The highest BCUT2D eigenvalue weighted by atomic mass is 16.5. The van der Waals surface area contributed by atoms with Crippen molar-refractivity contribution in [2.45, 2.75) is 25.3 Å². The van der Waals surface area contributed by atoms with Crippen LogP contribution in [0.2, 0.25) is 0 Å². The van der Waals surface area contributed by atoms with E-state index in [4.69, 9.17) is 9.47 Å². The Labute approximate surface area is 179 Å². The molecular weight excluding hydrogens is 376 g/mol. The van der Waals surface area contributed by atoms with Gasteiger partial charge in [-0.15, -0.1) is 0 Å². The number of nitrogens with one attached hydrogen (secondary N) is 1. The summed E-state index contributed by atoms with van der Waals surface area (Å²) >= 11 is 0. The summed E-state index contributed by atoms with van der Waals surface area (Å²) in [5.74, 6) is 0.927. The van der Waals surface area contributed by atoms with Gasteiger partial charge in [-0.1, -0.05) is 60.7 Å². The molecule has 4 rings (SSSR count). The minimum Gasteiger partial charge on any atom is -0.375 e. The summed E-state index contributed by atoms with van der Waals surface area (Å²) in [4.78, 5) is 9.37. The van der Waals surface area contributed by atoms with E-state index >= 15 is 0 Å². The molecule has 6 heteroatoms. The number of benzene rings is 2. The van der Waals surface area contributed by atoms with Crippen molar-refractivity contribution >= 4 is 5.96 Å². The van der Waals surface area contributed by atoms with Gasteiger partial charge in [0.25, 0.3) is 0 Å². The lowest BCUT2D eigenvalue weighted by atomic mass is 10.1. The lowest BCUT2D eigenvalue weighted by molar-refractivity contribution is -0.0502. The quantitative estimate of drug-likeness (QED) is 0.433. The number of fused-ring (bicyclic) bond motifs is 1. The van der Waals surface area contributed by atoms with Crippen LogP contribution in [0.15, 0.2) is 65.7 Å². The summed E-state index contributed by atoms with van der Waals surface area (Å²) < 4.78 is 11.9. The first kappa shape index (κ1) is 20.8. The molecule has 2 aromatic carbocycles. The Morgan fingerprint density at radius 2 is 1.80 bits per heavy atom. The molecule has 2 unspecified atom stereocenters. The molecule has 0 amide bonds. The maximum atomic E-state index is 6.10. The normalized spacial score (nSPS) is 22.2. The van der Waals surface area contributed by atoms with E-state index in [1.165, 1.54) is 11.1 Å². The van der Waals surface area contributed by atoms with E-state index in [0.29, 0.717) is 19.3 Å². The highest BCUT2D eigenvalue weighted by Crippen LogP contribution is 2.24. The monoisotopic (exact) mass is 408 g/mol. The zero-order chi connectivity index (χ0) is 20.6. The largest absolute Gasteiger partial charge is 0.375 e. The molecule has 2 aliphatic rings. The van der Waals surface area contributed by atoms with Crippen LogP contribution in [-0.2, 0) is 22.6 Å². The van der Waals surface area contributed by atoms with E-state index in [-0.39, 0.29) is 6.10 Å². The third-order valence-corrected chi connectivity index (χ3v) is 5.80. The van der Waals surface area contributed by atoms with Gasteiger partial charge in [0.2, 0.25) is 0 Å². The fourth-order valence-electron chi connectivity index (χ4n) is 4.28. The van der Waals surface area contributed by atoms with E-state index in [1.807, 2.05) is 25.2 Å². The molecule has 0 aromatic heterocycles. The zero-order valence-corrected chi connectivity index (χ0v) is 17.7. The first-order valence-electron chi connectivity index (χ1n) is 10.8. The van der Waals surface area contributed by atoms with Gasteiger partial charge in [0.15, 0.2) is 5.96 Å². The third kappa shape index (κ3) is 5.39. The fraction of sp³-hybridized carbons (Fsp3) is 0.458. The molecule has 0 spiro atoms. The van der Waals surface area contributed by atoms with E-state index < -0.39 is 0 Å². The van der Waals surface area contributed by atoms with Crippen molar-refractivity contribution in [2.75, 3.05) is 46.4 Å². The molecule has 0 aliphatic carbocycles. The number of aliphatic imine (C=N–C) groups is 1. The molecule has 1 N–H and O–H groups in total. The molecule has 0 radical (unpaired) electrons. The molecule has 30 heavy (non-hydrogen) atoms. The Morgan fingerprint density at radius 1 is 1.07 bits per heavy atom. The molecule has 2 saturated heterocycles. The van der Waals surface area contributed by atoms with Gasteiger partial charge in [-0.2, -0.15) is 0 Å². The van der Waals surface area contributed by atoms with Gasteiger partial charge in [0.1, 0.15) is 0 Å². The molecule has 2 aromatic rings. The van der Waals surface area contributed by atoms with Crippen LogP contribution >= 0.6 is 0 Å². The zero-order valence-electron chi connectivity index (χ0n) is 17.7. The molecule has 2 fully saturated rings. The van der Waals surface area contributed by atoms with Gasteiger partial charge in [0, 0.05) is 39.8 Å². The topological polar surface area (TPSA) is 49.3 Å². The van der Waals surface area contributed by atoms with Crippen LogP contribution in [0.3, 0.4) is 0 Å². The molecule has 2 aliphatic heterocycles. The molecular formula is C24H32N4O2. The Bertz CT molecular complexity index is 799. The highest BCUT2D eigenvalue weighted by molar-refractivity contribution is 5.80. The van der Waals surface area contributed by atoms with Gasteiger partial charge in [0.05, 0.1) is 32.0 Å². The van der Waals surface area contributed by atoms with Gasteiger partial charge in [-0.25, -0.2) is 0 Å². The summed E-state index contributed by atoms with van der Waals surface area (Å²) in [6.07, 6.45) is 0.232. The van der Waals surface area contributed by atoms with Gasteiger partial charge >= 0.3 is 0 Å². The number of ether oxygens (including phenoxy) is 2. The minimum absolute atomic E-state index is 0.232. The van der Waals surface area contributed by atoms with E-state index in [2.05, 4.69) is 62.6 Å². The predicted molar refractivity (Wildman–Crippen MR) is 119 cm³/mol. The van der Waals surface area contributed by atoms with Crippen molar-refractivity contribution in [3.63, 3.8) is 0 Å². The van der Waals surface area contributed by atoms with E-state index in [1.54, 1.807) is 0 Å². The molecule has 2 heterocycles. The number of likely N-dealkylation sites (tertiary alicyclic amines) is 1. The number of hydrogen-bond acceptors (Lipinski definition) is 4. The van der Waals surface area contributed by atoms with Gasteiger partial charge in [-0.3, -0.25) is 9.89 Å². The number of rotatable bonds is 7. The van der Waals surface area contributed by atoms with Gasteiger partial charge in [-0.05, 0) is 11.1 Å². The second-order valence-electron chi connectivity index (χ2n) is 7.85. The number of nitrogens with zero attached hydrogens (tertiary/aromatic N) is 3. The van der Waals surface area contributed by atoms with Crippen molar-refractivity contribution < 1.29 is 9.47 Å². The first-order chi connectivity index (χ1) is 14.8. The van der Waals surface area contributed by atoms with Crippen LogP contribution in [0.1, 0.15) is 11.1 Å². The summed E-state index contributed by atoms with van der Waals surface area (Å²) in [5.41, 5.74) is 2.55. The fourth-order valence-corrected chi connectivity index (χ4v) is 4.28. The van der Waals surface area contributed by atoms with Gasteiger partial charge < -0.3 is 19.7 Å². The summed E-state index contributed by atoms with van der Waals surface area (Å²) in [5, 5.41) is 3.45. The first-order valence-corrected chi connectivity index (χ1v) is 10.8. The van der Waals surface area contributed by atoms with Crippen LogP contribution < -0.4 is 5.32 Å². The maximum absolute atomic E-state index is 6.10. The molecule has 0 saturated carbocycles. The van der Waals surface area contributed by atoms with Crippen LogP contribution in [0.25, 0.3) is 0 Å².